The molecule has 4 rings (SSSR count). The van der Waals surface area contributed by atoms with E-state index in [2.05, 4.69) is 25.1 Å². The van der Waals surface area contributed by atoms with Crippen LogP contribution in [-0.4, -0.2) is 29.8 Å². The number of hydrogen-bond donors (Lipinski definition) is 1. The van der Waals surface area contributed by atoms with Gasteiger partial charge in [0, 0.05) is 5.39 Å². The Bertz CT molecular complexity index is 951. The van der Waals surface area contributed by atoms with E-state index >= 15 is 0 Å². The van der Waals surface area contributed by atoms with Crippen LogP contribution in [0.15, 0.2) is 24.5 Å². The first-order valence-corrected chi connectivity index (χ1v) is 5.60. The van der Waals surface area contributed by atoms with Crippen molar-refractivity contribution < 1.29 is 13.2 Å². The molecule has 3 aromatic heterocycles. The number of alkyl halides is 3. The molecular formula is C11H5F3N6. The van der Waals surface area contributed by atoms with Crippen molar-refractivity contribution in [2.45, 2.75) is 6.18 Å². The van der Waals surface area contributed by atoms with Gasteiger partial charge in [0.05, 0.1) is 11.1 Å². The number of aromatic amines is 1. The van der Waals surface area contributed by atoms with Crippen LogP contribution in [0, 0.1) is 0 Å². The number of halogens is 3. The van der Waals surface area contributed by atoms with E-state index in [4.69, 9.17) is 0 Å². The summed E-state index contributed by atoms with van der Waals surface area (Å²) in [5, 5.41) is 8.30. The Morgan fingerprint density at radius 2 is 2.05 bits per heavy atom. The van der Waals surface area contributed by atoms with Gasteiger partial charge in [-0.25, -0.2) is 0 Å². The summed E-state index contributed by atoms with van der Waals surface area (Å²) in [6.45, 7) is 0. The maximum absolute atomic E-state index is 13.0. The molecule has 0 amide bonds. The number of rotatable bonds is 0. The van der Waals surface area contributed by atoms with Crippen molar-refractivity contribution >= 4 is 27.8 Å². The molecule has 0 atom stereocenters. The van der Waals surface area contributed by atoms with Gasteiger partial charge in [0.25, 0.3) is 5.78 Å². The Balaban J connectivity index is 2.18. The molecule has 0 fully saturated rings. The average molecular weight is 278 g/mol. The summed E-state index contributed by atoms with van der Waals surface area (Å²) in [5.74, 6) is 0.220. The van der Waals surface area contributed by atoms with Crippen LogP contribution in [-0.2, 0) is 6.18 Å². The molecular weight excluding hydrogens is 273 g/mol. The minimum Gasteiger partial charge on any atom is -0.337 e. The van der Waals surface area contributed by atoms with Crippen molar-refractivity contribution in [3.05, 3.63) is 30.1 Å². The van der Waals surface area contributed by atoms with Crippen LogP contribution in [0.2, 0.25) is 0 Å². The lowest BCUT2D eigenvalue weighted by molar-refractivity contribution is -0.136. The van der Waals surface area contributed by atoms with Crippen molar-refractivity contribution in [1.82, 2.24) is 29.8 Å². The summed E-state index contributed by atoms with van der Waals surface area (Å²) in [6, 6.07) is 3.91. The smallest absolute Gasteiger partial charge is 0.337 e. The molecule has 6 nitrogen and oxygen atoms in total. The Kier molecular flexibility index (Phi) is 1.91. The Labute approximate surface area is 108 Å². The molecule has 0 saturated carbocycles. The Hall–Kier alpha value is -2.71. The number of aromatic nitrogens is 6. The predicted molar refractivity (Wildman–Crippen MR) is 62.9 cm³/mol. The molecule has 100 valence electrons. The monoisotopic (exact) mass is 278 g/mol. The highest BCUT2D eigenvalue weighted by Crippen LogP contribution is 2.36. The lowest BCUT2D eigenvalue weighted by Crippen LogP contribution is -2.05. The van der Waals surface area contributed by atoms with E-state index in [9.17, 15) is 13.2 Å². The number of hydrogen-bond acceptors (Lipinski definition) is 4. The number of nitrogens with one attached hydrogen (secondary N) is 1. The minimum absolute atomic E-state index is 0.0387. The van der Waals surface area contributed by atoms with E-state index in [1.807, 2.05) is 0 Å². The summed E-state index contributed by atoms with van der Waals surface area (Å²) < 4.78 is 40.1. The topological polar surface area (TPSA) is 71.8 Å². The fraction of sp³-hybridized carbons (Fsp3) is 0.0909. The van der Waals surface area contributed by atoms with Crippen LogP contribution in [0.4, 0.5) is 13.2 Å². The zero-order valence-corrected chi connectivity index (χ0v) is 9.68. The van der Waals surface area contributed by atoms with Gasteiger partial charge in [-0.3, -0.25) is 0 Å². The summed E-state index contributed by atoms with van der Waals surface area (Å²) in [6.07, 6.45) is -3.17. The molecule has 1 N–H and O–H groups in total. The Morgan fingerprint density at radius 3 is 2.85 bits per heavy atom. The third kappa shape index (κ3) is 1.40. The van der Waals surface area contributed by atoms with Crippen molar-refractivity contribution in [2.24, 2.45) is 0 Å². The second-order valence-corrected chi connectivity index (χ2v) is 4.21. The molecule has 9 heteroatoms. The molecule has 4 aromatic rings. The second-order valence-electron chi connectivity index (χ2n) is 4.21. The molecule has 0 bridgehead atoms. The molecule has 20 heavy (non-hydrogen) atoms. The highest BCUT2D eigenvalue weighted by Gasteiger charge is 2.33. The minimum atomic E-state index is -4.45. The van der Waals surface area contributed by atoms with Gasteiger partial charge in [-0.05, 0) is 6.07 Å². The highest BCUT2D eigenvalue weighted by molar-refractivity contribution is 6.04. The number of nitrogens with zero attached hydrogens (tertiary/aromatic N) is 5. The number of benzene rings is 1. The van der Waals surface area contributed by atoms with Gasteiger partial charge < -0.3 is 4.98 Å². The van der Waals surface area contributed by atoms with E-state index < -0.39 is 11.7 Å². The average Bonchev–Trinajstić information content (AvgIpc) is 2.97. The Morgan fingerprint density at radius 1 is 1.20 bits per heavy atom. The number of H-pyrrole nitrogens is 1. The molecule has 0 aliphatic carbocycles. The van der Waals surface area contributed by atoms with Crippen molar-refractivity contribution in [2.75, 3.05) is 0 Å². The van der Waals surface area contributed by atoms with E-state index in [1.54, 1.807) is 6.07 Å². The fourth-order valence-electron chi connectivity index (χ4n) is 2.18. The normalized spacial score (nSPS) is 12.8. The van der Waals surface area contributed by atoms with Crippen LogP contribution in [0.25, 0.3) is 27.8 Å². The van der Waals surface area contributed by atoms with Gasteiger partial charge >= 0.3 is 6.18 Å². The fourth-order valence-corrected chi connectivity index (χ4v) is 2.18. The third-order valence-electron chi connectivity index (χ3n) is 3.01. The molecule has 0 saturated heterocycles. The van der Waals surface area contributed by atoms with E-state index in [0.717, 1.165) is 6.07 Å². The quantitative estimate of drug-likeness (QED) is 0.535. The van der Waals surface area contributed by atoms with Crippen LogP contribution >= 0.6 is 0 Å². The summed E-state index contributed by atoms with van der Waals surface area (Å²) in [7, 11) is 0. The number of fused-ring (bicyclic) bond motifs is 4. The van der Waals surface area contributed by atoms with E-state index in [0.29, 0.717) is 10.9 Å². The van der Waals surface area contributed by atoms with E-state index in [1.165, 1.54) is 17.0 Å². The summed E-state index contributed by atoms with van der Waals surface area (Å²) in [4.78, 5) is 10.6. The zero-order chi connectivity index (χ0) is 13.9. The van der Waals surface area contributed by atoms with Gasteiger partial charge in [0.15, 0.2) is 5.65 Å². The van der Waals surface area contributed by atoms with Gasteiger partial charge in [-0.1, -0.05) is 12.1 Å². The van der Waals surface area contributed by atoms with Crippen LogP contribution in [0.3, 0.4) is 0 Å². The molecule has 0 unspecified atom stereocenters. The first kappa shape index (κ1) is 11.1. The highest BCUT2D eigenvalue weighted by atomic mass is 19.4. The van der Waals surface area contributed by atoms with Crippen molar-refractivity contribution in [3.63, 3.8) is 0 Å². The molecule has 0 radical (unpaired) electrons. The van der Waals surface area contributed by atoms with E-state index in [-0.39, 0.29) is 16.9 Å². The van der Waals surface area contributed by atoms with Crippen molar-refractivity contribution in [1.29, 1.82) is 0 Å². The second kappa shape index (κ2) is 3.44. The molecule has 0 aliphatic rings. The molecule has 0 spiro atoms. The lowest BCUT2D eigenvalue weighted by atomic mass is 10.1. The largest absolute Gasteiger partial charge is 0.418 e. The van der Waals surface area contributed by atoms with Gasteiger partial charge in [-0.15, -0.1) is 14.8 Å². The molecule has 3 heterocycles. The first-order valence-electron chi connectivity index (χ1n) is 5.60. The number of para-hydroxylation sites is 1. The first-order chi connectivity index (χ1) is 9.54. The SMILES string of the molecule is FC(F)(F)c1cccc2c1[nH]c1nc3ncnn3nc12. The maximum Gasteiger partial charge on any atom is 0.418 e. The lowest BCUT2D eigenvalue weighted by Gasteiger charge is -2.06. The van der Waals surface area contributed by atoms with Gasteiger partial charge in [0.2, 0.25) is 0 Å². The third-order valence-corrected chi connectivity index (χ3v) is 3.01. The van der Waals surface area contributed by atoms with Crippen LogP contribution in [0.1, 0.15) is 5.56 Å². The van der Waals surface area contributed by atoms with Crippen molar-refractivity contribution in [3.8, 4) is 0 Å². The van der Waals surface area contributed by atoms with Crippen LogP contribution in [0.5, 0.6) is 0 Å². The summed E-state index contributed by atoms with van der Waals surface area (Å²) in [5.41, 5.74) is -0.218. The predicted octanol–water partition coefficient (Wildman–Crippen LogP) is 2.17. The maximum atomic E-state index is 13.0. The zero-order valence-electron chi connectivity index (χ0n) is 9.68. The summed E-state index contributed by atoms with van der Waals surface area (Å²) >= 11 is 0. The van der Waals surface area contributed by atoms with Crippen LogP contribution < -0.4 is 0 Å². The van der Waals surface area contributed by atoms with Gasteiger partial charge in [0.1, 0.15) is 11.8 Å². The van der Waals surface area contributed by atoms with Gasteiger partial charge in [-0.2, -0.15) is 23.1 Å². The molecule has 0 aliphatic heterocycles. The standard InChI is InChI=1S/C11H5F3N6/c12-11(13,14)6-3-1-2-5-7(6)17-9-8(5)19-20-10(18-9)15-4-16-20/h1-4H,(H,15,16,17,18). The molecule has 1 aromatic carbocycles.